The highest BCUT2D eigenvalue weighted by Gasteiger charge is 1.99. The molecule has 0 bridgehead atoms. The van der Waals surface area contributed by atoms with E-state index < -0.39 is 0 Å². The third-order valence-corrected chi connectivity index (χ3v) is 1.95. The van der Waals surface area contributed by atoms with Crippen molar-refractivity contribution in [2.45, 2.75) is 13.5 Å². The molecule has 0 amide bonds. The molecule has 0 aliphatic heterocycles. The largest absolute Gasteiger partial charge is 0.325 e. The minimum Gasteiger partial charge on any atom is -0.325 e. The Hall–Kier alpha value is -1.35. The first-order chi connectivity index (χ1) is 5.81. The summed E-state index contributed by atoms with van der Waals surface area (Å²) in [6.45, 7) is 2.58. The topological polar surface area (TPSA) is 43.3 Å². The number of aromatic nitrogens is 2. The van der Waals surface area contributed by atoms with Crippen LogP contribution in [0.4, 0.5) is 0 Å². The molecule has 0 aliphatic rings. The van der Waals surface area contributed by atoms with Gasteiger partial charge < -0.3 is 10.1 Å². The van der Waals surface area contributed by atoms with Crippen molar-refractivity contribution in [2.75, 3.05) is 0 Å². The van der Waals surface area contributed by atoms with Crippen LogP contribution in [0.2, 0.25) is 0 Å². The molecule has 2 aromatic heterocycles. The van der Waals surface area contributed by atoms with Crippen LogP contribution in [0.1, 0.15) is 11.3 Å². The third kappa shape index (κ3) is 0.987. The Morgan fingerprint density at radius 1 is 1.58 bits per heavy atom. The SMILES string of the molecule is Cc1ccn2c(CN)cnc2c1. The molecule has 2 rings (SSSR count). The fourth-order valence-electron chi connectivity index (χ4n) is 1.29. The molecule has 0 unspecified atom stereocenters. The van der Waals surface area contributed by atoms with Crippen molar-refractivity contribution in [3.8, 4) is 0 Å². The third-order valence-electron chi connectivity index (χ3n) is 1.95. The summed E-state index contributed by atoms with van der Waals surface area (Å²) in [5, 5.41) is 0. The molecule has 3 heteroatoms. The van der Waals surface area contributed by atoms with E-state index in [1.807, 2.05) is 28.9 Å². The zero-order valence-electron chi connectivity index (χ0n) is 6.99. The number of rotatable bonds is 1. The van der Waals surface area contributed by atoms with Crippen LogP contribution in [0.3, 0.4) is 0 Å². The fourth-order valence-corrected chi connectivity index (χ4v) is 1.29. The summed E-state index contributed by atoms with van der Waals surface area (Å²) in [6.07, 6.45) is 3.81. The maximum absolute atomic E-state index is 5.54. The van der Waals surface area contributed by atoms with Crippen LogP contribution in [0, 0.1) is 6.92 Å². The molecule has 2 heterocycles. The molecule has 0 spiro atoms. The molecular formula is C9H11N3. The van der Waals surface area contributed by atoms with E-state index in [-0.39, 0.29) is 0 Å². The van der Waals surface area contributed by atoms with Crippen LogP contribution >= 0.6 is 0 Å². The van der Waals surface area contributed by atoms with Gasteiger partial charge in [-0.25, -0.2) is 4.98 Å². The number of nitrogens with two attached hydrogens (primary N) is 1. The van der Waals surface area contributed by atoms with E-state index in [0.29, 0.717) is 6.54 Å². The van der Waals surface area contributed by atoms with E-state index in [4.69, 9.17) is 5.73 Å². The van der Waals surface area contributed by atoms with Gasteiger partial charge in [0.1, 0.15) is 5.65 Å². The number of fused-ring (bicyclic) bond motifs is 1. The van der Waals surface area contributed by atoms with Gasteiger partial charge in [0.05, 0.1) is 11.9 Å². The van der Waals surface area contributed by atoms with Gasteiger partial charge in [0, 0.05) is 12.7 Å². The van der Waals surface area contributed by atoms with Crippen molar-refractivity contribution in [1.82, 2.24) is 9.38 Å². The first-order valence-electron chi connectivity index (χ1n) is 3.94. The Morgan fingerprint density at radius 3 is 3.17 bits per heavy atom. The van der Waals surface area contributed by atoms with Crippen LogP contribution in [0.15, 0.2) is 24.5 Å². The minimum atomic E-state index is 0.532. The average Bonchev–Trinajstić information content (AvgIpc) is 2.46. The molecule has 0 aliphatic carbocycles. The van der Waals surface area contributed by atoms with Gasteiger partial charge in [-0.1, -0.05) is 0 Å². The van der Waals surface area contributed by atoms with E-state index in [1.54, 1.807) is 0 Å². The van der Waals surface area contributed by atoms with Gasteiger partial charge in [0.25, 0.3) is 0 Å². The number of nitrogens with zero attached hydrogens (tertiary/aromatic N) is 2. The second-order valence-corrected chi connectivity index (χ2v) is 2.89. The monoisotopic (exact) mass is 161 g/mol. The maximum atomic E-state index is 5.54. The highest BCUT2D eigenvalue weighted by Crippen LogP contribution is 2.07. The van der Waals surface area contributed by atoms with Gasteiger partial charge in [-0.2, -0.15) is 0 Å². The molecule has 62 valence electrons. The lowest BCUT2D eigenvalue weighted by molar-refractivity contribution is 0.958. The first-order valence-corrected chi connectivity index (χ1v) is 3.94. The zero-order chi connectivity index (χ0) is 8.55. The summed E-state index contributed by atoms with van der Waals surface area (Å²) >= 11 is 0. The standard InChI is InChI=1S/C9H11N3/c1-7-2-3-12-8(5-10)6-11-9(12)4-7/h2-4,6H,5,10H2,1H3. The number of hydrogen-bond donors (Lipinski definition) is 1. The van der Waals surface area contributed by atoms with Gasteiger partial charge in [-0.15, -0.1) is 0 Å². The van der Waals surface area contributed by atoms with Gasteiger partial charge in [0.15, 0.2) is 0 Å². The number of imidazole rings is 1. The Balaban J connectivity index is 2.73. The fraction of sp³-hybridized carbons (Fsp3) is 0.222. The van der Waals surface area contributed by atoms with Crippen LogP contribution < -0.4 is 5.73 Å². The Morgan fingerprint density at radius 2 is 2.42 bits per heavy atom. The summed E-state index contributed by atoms with van der Waals surface area (Å²) in [4.78, 5) is 4.23. The lowest BCUT2D eigenvalue weighted by Gasteiger charge is -1.98. The van der Waals surface area contributed by atoms with Crippen LogP contribution in [-0.2, 0) is 6.54 Å². The van der Waals surface area contributed by atoms with Crippen molar-refractivity contribution in [3.63, 3.8) is 0 Å². The molecule has 0 fully saturated rings. The number of aryl methyl sites for hydroxylation is 1. The highest BCUT2D eigenvalue weighted by atomic mass is 15.0. The molecule has 12 heavy (non-hydrogen) atoms. The smallest absolute Gasteiger partial charge is 0.137 e. The van der Waals surface area contributed by atoms with E-state index in [2.05, 4.69) is 11.9 Å². The summed E-state index contributed by atoms with van der Waals surface area (Å²) in [7, 11) is 0. The van der Waals surface area contributed by atoms with Gasteiger partial charge >= 0.3 is 0 Å². The van der Waals surface area contributed by atoms with Crippen LogP contribution in [0.25, 0.3) is 5.65 Å². The number of pyridine rings is 1. The van der Waals surface area contributed by atoms with Crippen molar-refractivity contribution >= 4 is 5.65 Å². The minimum absolute atomic E-state index is 0.532. The van der Waals surface area contributed by atoms with Crippen LogP contribution in [-0.4, -0.2) is 9.38 Å². The lowest BCUT2D eigenvalue weighted by Crippen LogP contribution is -2.00. The van der Waals surface area contributed by atoms with E-state index in [9.17, 15) is 0 Å². The average molecular weight is 161 g/mol. The Labute approximate surface area is 70.8 Å². The summed E-state index contributed by atoms with van der Waals surface area (Å²) in [5.41, 5.74) is 8.77. The quantitative estimate of drug-likeness (QED) is 0.680. The molecule has 2 aromatic rings. The van der Waals surface area contributed by atoms with E-state index >= 15 is 0 Å². The zero-order valence-corrected chi connectivity index (χ0v) is 6.99. The second kappa shape index (κ2) is 2.60. The molecule has 0 atom stereocenters. The van der Waals surface area contributed by atoms with Gasteiger partial charge in [0.2, 0.25) is 0 Å². The molecule has 0 saturated carbocycles. The highest BCUT2D eigenvalue weighted by molar-refractivity contribution is 5.42. The molecule has 2 N–H and O–H groups in total. The summed E-state index contributed by atoms with van der Waals surface area (Å²) < 4.78 is 2.01. The predicted octanol–water partition coefficient (Wildman–Crippen LogP) is 1.10. The first kappa shape index (κ1) is 7.31. The molecule has 0 radical (unpaired) electrons. The van der Waals surface area contributed by atoms with E-state index in [1.165, 1.54) is 5.56 Å². The predicted molar refractivity (Wildman–Crippen MR) is 47.8 cm³/mol. The van der Waals surface area contributed by atoms with Crippen molar-refractivity contribution in [1.29, 1.82) is 0 Å². The second-order valence-electron chi connectivity index (χ2n) is 2.89. The van der Waals surface area contributed by atoms with Gasteiger partial charge in [-0.05, 0) is 24.6 Å². The summed E-state index contributed by atoms with van der Waals surface area (Å²) in [6, 6.07) is 4.09. The van der Waals surface area contributed by atoms with Crippen molar-refractivity contribution in [2.24, 2.45) is 5.73 Å². The molecule has 0 aromatic carbocycles. The summed E-state index contributed by atoms with van der Waals surface area (Å²) in [5.74, 6) is 0. The Kier molecular flexibility index (Phi) is 1.59. The molecular weight excluding hydrogens is 150 g/mol. The van der Waals surface area contributed by atoms with Crippen molar-refractivity contribution in [3.05, 3.63) is 35.8 Å². The van der Waals surface area contributed by atoms with E-state index in [0.717, 1.165) is 11.3 Å². The molecule has 3 nitrogen and oxygen atoms in total. The van der Waals surface area contributed by atoms with Gasteiger partial charge in [-0.3, -0.25) is 0 Å². The van der Waals surface area contributed by atoms with Crippen LogP contribution in [0.5, 0.6) is 0 Å². The van der Waals surface area contributed by atoms with Crippen molar-refractivity contribution < 1.29 is 0 Å². The normalized spacial score (nSPS) is 10.8. The lowest BCUT2D eigenvalue weighted by atomic mass is 10.3. The number of hydrogen-bond acceptors (Lipinski definition) is 2. The Bertz CT molecular complexity index is 403. The maximum Gasteiger partial charge on any atom is 0.137 e. The molecule has 0 saturated heterocycles.